The fourth-order valence-electron chi connectivity index (χ4n) is 3.28. The van der Waals surface area contributed by atoms with E-state index in [0.29, 0.717) is 0 Å². The monoisotopic (exact) mass is 282 g/mol. The Kier molecular flexibility index (Phi) is 4.04. The number of benzene rings is 2. The highest BCUT2D eigenvalue weighted by molar-refractivity contribution is 6.86. The Morgan fingerprint density at radius 2 is 1.65 bits per heavy atom. The van der Waals surface area contributed by atoms with Crippen LogP contribution in [0.15, 0.2) is 60.7 Å². The Labute approximate surface area is 122 Å². The summed E-state index contributed by atoms with van der Waals surface area (Å²) in [6.45, 7) is 2.30. The molecular weight excluding hydrogens is 260 g/mol. The maximum absolute atomic E-state index is 6.73. The third-order valence-electron chi connectivity index (χ3n) is 4.46. The summed E-state index contributed by atoms with van der Waals surface area (Å²) in [5, 5.41) is 1.46. The Bertz CT molecular complexity index is 540. The summed E-state index contributed by atoms with van der Waals surface area (Å²) in [6.07, 6.45) is 2.73. The predicted molar refractivity (Wildman–Crippen MR) is 86.6 cm³/mol. The highest BCUT2D eigenvalue weighted by Crippen LogP contribution is 2.36. The van der Waals surface area contributed by atoms with Gasteiger partial charge in [-0.15, -0.1) is 0 Å². The zero-order valence-electron chi connectivity index (χ0n) is 12.1. The van der Waals surface area contributed by atoms with Crippen LogP contribution in [0, 0.1) is 0 Å². The number of hydrogen-bond donors (Lipinski definition) is 0. The molecule has 0 aromatic heterocycles. The zero-order valence-corrected chi connectivity index (χ0v) is 13.1. The van der Waals surface area contributed by atoms with E-state index in [4.69, 9.17) is 4.43 Å². The molecule has 2 aromatic carbocycles. The van der Waals surface area contributed by atoms with Crippen molar-refractivity contribution in [2.24, 2.45) is 0 Å². The van der Waals surface area contributed by atoms with Crippen molar-refractivity contribution in [2.45, 2.75) is 38.0 Å². The van der Waals surface area contributed by atoms with Crippen LogP contribution in [0.25, 0.3) is 0 Å². The van der Waals surface area contributed by atoms with Crippen molar-refractivity contribution >= 4 is 13.5 Å². The van der Waals surface area contributed by atoms with Gasteiger partial charge >= 0.3 is 0 Å². The van der Waals surface area contributed by atoms with Gasteiger partial charge < -0.3 is 4.43 Å². The molecule has 0 aliphatic carbocycles. The molecule has 1 heterocycles. The van der Waals surface area contributed by atoms with Crippen LogP contribution in [0.2, 0.25) is 12.1 Å². The van der Waals surface area contributed by atoms with Crippen LogP contribution >= 0.6 is 0 Å². The van der Waals surface area contributed by atoms with Gasteiger partial charge in [0.2, 0.25) is 8.32 Å². The molecule has 0 amide bonds. The van der Waals surface area contributed by atoms with Gasteiger partial charge in [-0.1, -0.05) is 74.0 Å². The van der Waals surface area contributed by atoms with E-state index in [1.54, 1.807) is 0 Å². The zero-order chi connectivity index (χ0) is 13.8. The van der Waals surface area contributed by atoms with E-state index in [9.17, 15) is 0 Å². The first-order valence-electron chi connectivity index (χ1n) is 7.62. The molecule has 0 N–H and O–H groups in total. The second-order valence-corrected chi connectivity index (χ2v) is 9.63. The van der Waals surface area contributed by atoms with Gasteiger partial charge in [0.25, 0.3) is 0 Å². The van der Waals surface area contributed by atoms with Gasteiger partial charge in [0.15, 0.2) is 0 Å². The molecule has 0 saturated carbocycles. The van der Waals surface area contributed by atoms with Gasteiger partial charge in [0.1, 0.15) is 0 Å². The third kappa shape index (κ3) is 2.58. The maximum atomic E-state index is 6.73. The predicted octanol–water partition coefficient (Wildman–Crippen LogP) is 4.41. The van der Waals surface area contributed by atoms with E-state index in [1.165, 1.54) is 29.3 Å². The molecule has 104 valence electrons. The van der Waals surface area contributed by atoms with E-state index in [1.807, 2.05) is 0 Å². The highest BCUT2D eigenvalue weighted by atomic mass is 28.4. The van der Waals surface area contributed by atoms with Crippen LogP contribution in [-0.4, -0.2) is 8.32 Å². The second kappa shape index (κ2) is 5.94. The summed E-state index contributed by atoms with van der Waals surface area (Å²) >= 11 is 0. The lowest BCUT2D eigenvalue weighted by molar-refractivity contribution is 0.164. The number of hydrogen-bond acceptors (Lipinski definition) is 1. The smallest absolute Gasteiger partial charge is 0.224 e. The molecule has 1 saturated heterocycles. The molecule has 0 bridgehead atoms. The molecule has 2 heteroatoms. The van der Waals surface area contributed by atoms with E-state index >= 15 is 0 Å². The molecule has 1 nitrogen and oxygen atoms in total. The van der Waals surface area contributed by atoms with Crippen molar-refractivity contribution in [2.75, 3.05) is 0 Å². The molecule has 3 rings (SSSR count). The molecule has 1 fully saturated rings. The third-order valence-corrected chi connectivity index (χ3v) is 8.88. The number of rotatable bonds is 3. The summed E-state index contributed by atoms with van der Waals surface area (Å²) in [4.78, 5) is 0. The molecule has 0 radical (unpaired) electrons. The lowest BCUT2D eigenvalue weighted by Crippen LogP contribution is -2.52. The summed E-state index contributed by atoms with van der Waals surface area (Å²) in [5.41, 5.74) is 1.34. The fourth-order valence-corrected chi connectivity index (χ4v) is 7.13. The quantitative estimate of drug-likeness (QED) is 0.758. The SMILES string of the molecule is CC[Si]1(c2ccccc2)CCCC(c2ccccc2)O1. The van der Waals surface area contributed by atoms with E-state index in [0.717, 1.165) is 6.42 Å². The molecule has 0 spiro atoms. The van der Waals surface area contributed by atoms with Crippen molar-refractivity contribution in [3.63, 3.8) is 0 Å². The molecule has 20 heavy (non-hydrogen) atoms. The van der Waals surface area contributed by atoms with Gasteiger partial charge in [-0.05, 0) is 29.3 Å². The van der Waals surface area contributed by atoms with Gasteiger partial charge in [-0.25, -0.2) is 0 Å². The normalized spacial score (nSPS) is 26.4. The van der Waals surface area contributed by atoms with Crippen molar-refractivity contribution in [3.8, 4) is 0 Å². The van der Waals surface area contributed by atoms with Gasteiger partial charge in [-0.3, -0.25) is 0 Å². The van der Waals surface area contributed by atoms with Crippen molar-refractivity contribution in [1.29, 1.82) is 0 Å². The van der Waals surface area contributed by atoms with Gasteiger partial charge in [-0.2, -0.15) is 0 Å². The first-order chi connectivity index (χ1) is 9.84. The standard InChI is InChI=1S/C18H22OSi/c1-2-20(17-12-7-4-8-13-17)15-9-14-18(19-20)16-10-5-3-6-11-16/h3-8,10-13,18H,2,9,14-15H2,1H3. The minimum Gasteiger partial charge on any atom is -0.405 e. The summed E-state index contributed by atoms with van der Waals surface area (Å²) in [6, 6.07) is 24.1. The minimum absolute atomic E-state index is 0.289. The maximum Gasteiger partial charge on any atom is 0.224 e. The van der Waals surface area contributed by atoms with Gasteiger partial charge in [0, 0.05) is 0 Å². The topological polar surface area (TPSA) is 9.23 Å². The van der Waals surface area contributed by atoms with Gasteiger partial charge in [0.05, 0.1) is 6.10 Å². The molecule has 1 aliphatic rings. The largest absolute Gasteiger partial charge is 0.405 e. The van der Waals surface area contributed by atoms with E-state index < -0.39 is 8.32 Å². The summed E-state index contributed by atoms with van der Waals surface area (Å²) < 4.78 is 6.73. The summed E-state index contributed by atoms with van der Waals surface area (Å²) in [5.74, 6) is 0. The lowest BCUT2D eigenvalue weighted by Gasteiger charge is -2.39. The molecular formula is C18H22OSi. The van der Waals surface area contributed by atoms with Crippen LogP contribution in [0.1, 0.15) is 31.4 Å². The molecule has 2 unspecified atom stereocenters. The van der Waals surface area contributed by atoms with Crippen molar-refractivity contribution in [3.05, 3.63) is 66.2 Å². The average molecular weight is 282 g/mol. The van der Waals surface area contributed by atoms with Crippen molar-refractivity contribution in [1.82, 2.24) is 0 Å². The average Bonchev–Trinajstić information content (AvgIpc) is 2.56. The lowest BCUT2D eigenvalue weighted by atomic mass is 10.1. The first kappa shape index (κ1) is 13.6. The van der Waals surface area contributed by atoms with E-state index in [2.05, 4.69) is 67.6 Å². The van der Waals surface area contributed by atoms with Crippen LogP contribution in [-0.2, 0) is 4.43 Å². The highest BCUT2D eigenvalue weighted by Gasteiger charge is 2.40. The van der Waals surface area contributed by atoms with Crippen LogP contribution in [0.5, 0.6) is 0 Å². The Hall–Kier alpha value is -1.38. The Morgan fingerprint density at radius 3 is 2.30 bits per heavy atom. The van der Waals surface area contributed by atoms with Crippen LogP contribution in [0.3, 0.4) is 0 Å². The minimum atomic E-state index is -1.78. The molecule has 1 aliphatic heterocycles. The Morgan fingerprint density at radius 1 is 1.00 bits per heavy atom. The van der Waals surface area contributed by atoms with E-state index in [-0.39, 0.29) is 6.10 Å². The second-order valence-electron chi connectivity index (χ2n) is 5.62. The molecule has 2 aromatic rings. The van der Waals surface area contributed by atoms with Crippen LogP contribution in [0.4, 0.5) is 0 Å². The summed E-state index contributed by atoms with van der Waals surface area (Å²) in [7, 11) is -1.78. The molecule has 2 atom stereocenters. The fraction of sp³-hybridized carbons (Fsp3) is 0.333. The van der Waals surface area contributed by atoms with Crippen molar-refractivity contribution < 1.29 is 4.43 Å². The first-order valence-corrected chi connectivity index (χ1v) is 9.94. The van der Waals surface area contributed by atoms with Crippen LogP contribution < -0.4 is 5.19 Å². The Balaban J connectivity index is 1.90.